The molecule has 6 aromatic rings. The molecule has 0 radical (unpaired) electrons. The zero-order chi connectivity index (χ0) is 34.1. The van der Waals surface area contributed by atoms with Crippen molar-refractivity contribution >= 4 is 51.7 Å². The van der Waals surface area contributed by atoms with Crippen molar-refractivity contribution in [2.75, 3.05) is 10.6 Å². The van der Waals surface area contributed by atoms with E-state index in [9.17, 15) is 14.4 Å². The number of aryl methyl sites for hydroxylation is 7. The van der Waals surface area contributed by atoms with Crippen LogP contribution in [0.1, 0.15) is 75.0 Å². The largest absolute Gasteiger partial charge is 0.366 e. The summed E-state index contributed by atoms with van der Waals surface area (Å²) in [7, 11) is 0. The lowest BCUT2D eigenvalue weighted by Crippen LogP contribution is -2.20. The first kappa shape index (κ1) is 32.2. The summed E-state index contributed by atoms with van der Waals surface area (Å²) < 4.78 is 7.28. The van der Waals surface area contributed by atoms with Crippen LogP contribution >= 0.6 is 0 Å². The van der Waals surface area contributed by atoms with Crippen LogP contribution in [0.2, 0.25) is 0 Å². The number of fused-ring (bicyclic) bond motifs is 2. The predicted molar refractivity (Wildman–Crippen MR) is 183 cm³/mol. The van der Waals surface area contributed by atoms with Gasteiger partial charge in [-0.2, -0.15) is 10.2 Å². The fourth-order valence-electron chi connectivity index (χ4n) is 5.98. The topological polar surface area (TPSA) is 173 Å². The average molecular weight is 650 g/mol. The molecule has 0 unspecified atom stereocenters. The summed E-state index contributed by atoms with van der Waals surface area (Å²) in [6.07, 6.45) is 1.43. The van der Waals surface area contributed by atoms with E-state index in [0.717, 1.165) is 39.9 Å². The van der Waals surface area contributed by atoms with Gasteiger partial charge in [-0.3, -0.25) is 34.4 Å². The normalized spacial score (nSPS) is 11.4. The number of primary amides is 1. The number of nitrogens with zero attached hydrogens (tertiary/aromatic N) is 8. The second-order valence-electron chi connectivity index (χ2n) is 11.8. The van der Waals surface area contributed by atoms with Crippen LogP contribution in [0, 0.1) is 20.8 Å². The highest BCUT2D eigenvalue weighted by Crippen LogP contribution is 2.25. The highest BCUT2D eigenvalue weighted by molar-refractivity contribution is 6.04. The second-order valence-corrected chi connectivity index (χ2v) is 11.8. The SMILES string of the molecule is CCn1nc(C)cc1C(=O)Nc1nc2cc(C)ccc2n1CCCCn1c(NC(=O)c2cc(C)nn2CC)nc2cc(C(N)=O)ccc21. The lowest BCUT2D eigenvalue weighted by atomic mass is 10.2. The molecule has 3 amide bonds. The summed E-state index contributed by atoms with van der Waals surface area (Å²) in [6, 6.07) is 14.6. The fraction of sp³-hybridized carbons (Fsp3) is 0.324. The molecule has 2 aromatic carbocycles. The number of carbonyl (C=O) groups is 3. The molecule has 48 heavy (non-hydrogen) atoms. The first-order valence-corrected chi connectivity index (χ1v) is 16.0. The first-order valence-electron chi connectivity index (χ1n) is 16.0. The van der Waals surface area contributed by atoms with Gasteiger partial charge in [0.15, 0.2) is 0 Å². The Morgan fingerprint density at radius 2 is 1.17 bits per heavy atom. The van der Waals surface area contributed by atoms with Gasteiger partial charge in [-0.15, -0.1) is 0 Å². The molecule has 0 bridgehead atoms. The van der Waals surface area contributed by atoms with Gasteiger partial charge in [-0.25, -0.2) is 9.97 Å². The van der Waals surface area contributed by atoms with Gasteiger partial charge in [0.2, 0.25) is 17.8 Å². The Labute approximate surface area is 276 Å². The third kappa shape index (κ3) is 6.28. The predicted octanol–water partition coefficient (Wildman–Crippen LogP) is 4.83. The van der Waals surface area contributed by atoms with Crippen molar-refractivity contribution < 1.29 is 14.4 Å². The lowest BCUT2D eigenvalue weighted by molar-refractivity contribution is 0.0995. The summed E-state index contributed by atoms with van der Waals surface area (Å²) in [5.41, 5.74) is 12.4. The number of imidazole rings is 2. The van der Waals surface area contributed by atoms with Crippen LogP contribution in [0.25, 0.3) is 22.1 Å². The average Bonchev–Trinajstić information content (AvgIpc) is 3.81. The number of carbonyl (C=O) groups excluding carboxylic acids is 3. The Bertz CT molecular complexity index is 2180. The molecule has 0 spiro atoms. The third-order valence-electron chi connectivity index (χ3n) is 8.27. The Morgan fingerprint density at radius 1 is 0.688 bits per heavy atom. The van der Waals surface area contributed by atoms with Crippen LogP contribution < -0.4 is 16.4 Å². The molecule has 6 rings (SSSR count). The standard InChI is InChI=1S/C34H39N11O3/c1-6-44-28(17-21(4)40-44)31(47)38-33-36-24-16-20(3)10-12-26(24)42(33)14-8-9-15-43-27-13-11-23(30(35)46)19-25(27)37-34(43)39-32(48)29-18-22(5)41-45(29)7-2/h10-13,16-19H,6-9,14-15H2,1-5H3,(H2,35,46)(H,36,38,47)(H,37,39,48). The van der Waals surface area contributed by atoms with Crippen LogP contribution in [0.5, 0.6) is 0 Å². The van der Waals surface area contributed by atoms with Crippen LogP contribution in [-0.2, 0) is 26.2 Å². The maximum atomic E-state index is 13.4. The van der Waals surface area contributed by atoms with Crippen molar-refractivity contribution in [1.29, 1.82) is 0 Å². The molecule has 0 aliphatic carbocycles. The molecule has 0 saturated carbocycles. The number of hydrogen-bond donors (Lipinski definition) is 3. The highest BCUT2D eigenvalue weighted by atomic mass is 16.2. The van der Waals surface area contributed by atoms with E-state index in [4.69, 9.17) is 10.7 Å². The number of amides is 3. The zero-order valence-electron chi connectivity index (χ0n) is 27.7. The van der Waals surface area contributed by atoms with Gasteiger partial charge in [0.1, 0.15) is 11.4 Å². The van der Waals surface area contributed by atoms with E-state index in [2.05, 4.69) is 25.8 Å². The summed E-state index contributed by atoms with van der Waals surface area (Å²) in [5.74, 6) is -0.336. The Hall–Kier alpha value is -5.79. The Morgan fingerprint density at radius 3 is 1.65 bits per heavy atom. The lowest BCUT2D eigenvalue weighted by Gasteiger charge is -2.13. The van der Waals surface area contributed by atoms with Crippen molar-refractivity contribution in [1.82, 2.24) is 38.7 Å². The minimum atomic E-state index is -0.556. The molecule has 14 nitrogen and oxygen atoms in total. The summed E-state index contributed by atoms with van der Waals surface area (Å²) >= 11 is 0. The summed E-state index contributed by atoms with van der Waals surface area (Å²) in [4.78, 5) is 48.0. The molecule has 0 saturated heterocycles. The van der Waals surface area contributed by atoms with Crippen molar-refractivity contribution in [3.8, 4) is 0 Å². The molecular formula is C34H39N11O3. The molecule has 14 heteroatoms. The van der Waals surface area contributed by atoms with Gasteiger partial charge < -0.3 is 14.9 Å². The van der Waals surface area contributed by atoms with Crippen LogP contribution in [0.4, 0.5) is 11.9 Å². The molecule has 0 aliphatic heterocycles. The van der Waals surface area contributed by atoms with Crippen molar-refractivity contribution in [2.45, 2.75) is 73.6 Å². The fourth-order valence-corrected chi connectivity index (χ4v) is 5.98. The number of nitrogens with one attached hydrogen (secondary N) is 2. The first-order chi connectivity index (χ1) is 23.1. The number of nitrogens with two attached hydrogens (primary N) is 1. The number of benzene rings is 2. The molecule has 0 atom stereocenters. The van der Waals surface area contributed by atoms with E-state index < -0.39 is 5.91 Å². The van der Waals surface area contributed by atoms with Gasteiger partial charge in [0.05, 0.1) is 33.5 Å². The van der Waals surface area contributed by atoms with E-state index in [1.165, 1.54) is 0 Å². The van der Waals surface area contributed by atoms with Crippen LogP contribution in [-0.4, -0.2) is 56.4 Å². The molecule has 4 aromatic heterocycles. The Balaban J connectivity index is 1.25. The third-order valence-corrected chi connectivity index (χ3v) is 8.27. The summed E-state index contributed by atoms with van der Waals surface area (Å²) in [5, 5.41) is 14.8. The number of hydrogen-bond acceptors (Lipinski definition) is 7. The van der Waals surface area contributed by atoms with Crippen LogP contribution in [0.15, 0.2) is 48.5 Å². The minimum Gasteiger partial charge on any atom is -0.366 e. The van der Waals surface area contributed by atoms with Gasteiger partial charge in [-0.1, -0.05) is 6.07 Å². The number of anilines is 2. The minimum absolute atomic E-state index is 0.272. The van der Waals surface area contributed by atoms with E-state index in [0.29, 0.717) is 67.0 Å². The molecular weight excluding hydrogens is 610 g/mol. The van der Waals surface area contributed by atoms with Crippen molar-refractivity contribution in [2.24, 2.45) is 5.73 Å². The zero-order valence-corrected chi connectivity index (χ0v) is 27.7. The van der Waals surface area contributed by atoms with Crippen LogP contribution in [0.3, 0.4) is 0 Å². The quantitative estimate of drug-likeness (QED) is 0.159. The summed E-state index contributed by atoms with van der Waals surface area (Å²) in [6.45, 7) is 11.8. The number of rotatable bonds is 12. The molecule has 4 heterocycles. The number of unbranched alkanes of at least 4 members (excludes halogenated alkanes) is 1. The van der Waals surface area contributed by atoms with Gasteiger partial charge in [-0.05, 0) is 95.5 Å². The van der Waals surface area contributed by atoms with E-state index >= 15 is 0 Å². The monoisotopic (exact) mass is 649 g/mol. The maximum absolute atomic E-state index is 13.4. The van der Waals surface area contributed by atoms with Gasteiger partial charge in [0.25, 0.3) is 11.8 Å². The molecule has 248 valence electrons. The Kier molecular flexibility index (Phi) is 8.80. The highest BCUT2D eigenvalue weighted by Gasteiger charge is 2.20. The van der Waals surface area contributed by atoms with E-state index in [1.54, 1.807) is 39.7 Å². The molecule has 0 fully saturated rings. The second kappa shape index (κ2) is 13.1. The molecule has 0 aliphatic rings. The maximum Gasteiger partial charge on any atom is 0.276 e. The smallest absolute Gasteiger partial charge is 0.276 e. The number of aromatic nitrogens is 8. The van der Waals surface area contributed by atoms with E-state index in [-0.39, 0.29) is 11.8 Å². The molecule has 4 N–H and O–H groups in total. The van der Waals surface area contributed by atoms with Crippen molar-refractivity contribution in [3.05, 3.63) is 82.4 Å². The van der Waals surface area contributed by atoms with Gasteiger partial charge in [0, 0.05) is 31.7 Å². The van der Waals surface area contributed by atoms with Crippen molar-refractivity contribution in [3.63, 3.8) is 0 Å². The van der Waals surface area contributed by atoms with E-state index in [1.807, 2.05) is 62.0 Å². The van der Waals surface area contributed by atoms with Gasteiger partial charge >= 0.3 is 0 Å².